The van der Waals surface area contributed by atoms with Crippen LogP contribution in [0.1, 0.15) is 16.7 Å². The van der Waals surface area contributed by atoms with Crippen LogP contribution in [-0.4, -0.2) is 34.6 Å². The average molecular weight is 401 g/mol. The highest BCUT2D eigenvalue weighted by atomic mass is 35.5. The molecule has 0 aliphatic rings. The predicted molar refractivity (Wildman–Crippen MR) is 108 cm³/mol. The van der Waals surface area contributed by atoms with Crippen molar-refractivity contribution in [3.05, 3.63) is 64.3 Å². The van der Waals surface area contributed by atoms with E-state index in [0.717, 1.165) is 27.6 Å². The Kier molecular flexibility index (Phi) is 5.90. The number of benzene rings is 2. The van der Waals surface area contributed by atoms with Crippen LogP contribution in [0, 0.1) is 13.8 Å². The van der Waals surface area contributed by atoms with Gasteiger partial charge in [-0.25, -0.2) is 4.79 Å². The molecule has 0 bridgehead atoms. The maximum atomic E-state index is 12.2. The lowest BCUT2D eigenvalue weighted by Crippen LogP contribution is -2.44. The zero-order chi connectivity index (χ0) is 20.3. The number of ether oxygens (including phenoxy) is 1. The molecule has 1 amide bonds. The van der Waals surface area contributed by atoms with Gasteiger partial charge in [0.1, 0.15) is 11.8 Å². The third kappa shape index (κ3) is 4.46. The van der Waals surface area contributed by atoms with Gasteiger partial charge < -0.3 is 20.1 Å². The number of amides is 1. The number of nitrogens with one attached hydrogen (secondary N) is 2. The van der Waals surface area contributed by atoms with E-state index in [2.05, 4.69) is 10.3 Å². The van der Waals surface area contributed by atoms with Crippen LogP contribution >= 0.6 is 11.6 Å². The Labute approximate surface area is 167 Å². The van der Waals surface area contributed by atoms with Crippen molar-refractivity contribution in [2.24, 2.45) is 0 Å². The second-order valence-electron chi connectivity index (χ2n) is 6.68. The summed E-state index contributed by atoms with van der Waals surface area (Å²) in [4.78, 5) is 27.0. The van der Waals surface area contributed by atoms with Gasteiger partial charge >= 0.3 is 5.97 Å². The van der Waals surface area contributed by atoms with Crippen LogP contribution in [0.2, 0.25) is 5.02 Å². The molecule has 6 nitrogen and oxygen atoms in total. The molecule has 0 saturated carbocycles. The number of hydrogen-bond donors (Lipinski definition) is 3. The lowest BCUT2D eigenvalue weighted by Gasteiger charge is -2.15. The third-order valence-corrected chi connectivity index (χ3v) is 5.11. The number of carbonyl (C=O) groups is 2. The van der Waals surface area contributed by atoms with Gasteiger partial charge in [0.05, 0.1) is 0 Å². The lowest BCUT2D eigenvalue weighted by molar-refractivity contribution is -0.142. The number of H-pyrrole nitrogens is 1. The van der Waals surface area contributed by atoms with E-state index in [0.29, 0.717) is 10.8 Å². The molecular weight excluding hydrogens is 380 g/mol. The van der Waals surface area contributed by atoms with Gasteiger partial charge in [0.2, 0.25) is 0 Å². The molecule has 146 valence electrons. The van der Waals surface area contributed by atoms with Crippen LogP contribution < -0.4 is 10.1 Å². The van der Waals surface area contributed by atoms with E-state index in [1.54, 1.807) is 18.3 Å². The number of carboxylic acid groups (broad SMARTS) is 1. The number of hydrogen-bond acceptors (Lipinski definition) is 3. The summed E-state index contributed by atoms with van der Waals surface area (Å²) >= 11 is 6.12. The van der Waals surface area contributed by atoms with Gasteiger partial charge in [0.25, 0.3) is 5.91 Å². The molecule has 7 heteroatoms. The van der Waals surface area contributed by atoms with Crippen molar-refractivity contribution in [3.63, 3.8) is 0 Å². The van der Waals surface area contributed by atoms with Crippen molar-refractivity contribution >= 4 is 34.4 Å². The Bertz CT molecular complexity index is 1010. The topological polar surface area (TPSA) is 91.4 Å². The van der Waals surface area contributed by atoms with Gasteiger partial charge in [-0.15, -0.1) is 0 Å². The molecule has 0 spiro atoms. The van der Waals surface area contributed by atoms with Crippen molar-refractivity contribution in [2.45, 2.75) is 26.3 Å². The molecule has 3 aromatic rings. The number of rotatable bonds is 7. The first-order chi connectivity index (χ1) is 13.3. The molecule has 2 aromatic carbocycles. The van der Waals surface area contributed by atoms with E-state index in [4.69, 9.17) is 16.3 Å². The summed E-state index contributed by atoms with van der Waals surface area (Å²) in [6, 6.07) is 10.0. The minimum absolute atomic E-state index is 0.171. The maximum Gasteiger partial charge on any atom is 0.326 e. The fraction of sp³-hybridized carbons (Fsp3) is 0.238. The molecule has 0 fully saturated rings. The molecule has 0 radical (unpaired) electrons. The minimum atomic E-state index is -1.10. The molecule has 28 heavy (non-hydrogen) atoms. The first-order valence-corrected chi connectivity index (χ1v) is 9.19. The first kappa shape index (κ1) is 19.8. The molecular formula is C21H21ClN2O4. The van der Waals surface area contributed by atoms with Gasteiger partial charge in [0.15, 0.2) is 6.61 Å². The second-order valence-corrected chi connectivity index (χ2v) is 7.06. The fourth-order valence-electron chi connectivity index (χ4n) is 3.09. The summed E-state index contributed by atoms with van der Waals surface area (Å²) in [7, 11) is 0. The summed E-state index contributed by atoms with van der Waals surface area (Å²) in [5.74, 6) is -1.09. The number of fused-ring (bicyclic) bond motifs is 1. The number of carboxylic acids is 1. The van der Waals surface area contributed by atoms with E-state index in [-0.39, 0.29) is 13.0 Å². The summed E-state index contributed by atoms with van der Waals surface area (Å²) in [6.07, 6.45) is 1.94. The fourth-order valence-corrected chi connectivity index (χ4v) is 3.20. The zero-order valence-corrected chi connectivity index (χ0v) is 16.3. The zero-order valence-electron chi connectivity index (χ0n) is 15.6. The monoisotopic (exact) mass is 400 g/mol. The molecule has 0 aliphatic heterocycles. The highest BCUT2D eigenvalue weighted by Gasteiger charge is 2.22. The highest BCUT2D eigenvalue weighted by molar-refractivity contribution is 6.32. The van der Waals surface area contributed by atoms with Crippen LogP contribution in [0.15, 0.2) is 42.6 Å². The lowest BCUT2D eigenvalue weighted by atomic mass is 10.1. The number of aryl methyl sites for hydroxylation is 2. The normalized spacial score (nSPS) is 12.0. The van der Waals surface area contributed by atoms with Crippen LogP contribution in [0.25, 0.3) is 10.9 Å². The summed E-state index contributed by atoms with van der Waals surface area (Å²) in [5, 5.41) is 13.6. The summed E-state index contributed by atoms with van der Waals surface area (Å²) in [6.45, 7) is 3.42. The van der Waals surface area contributed by atoms with Crippen molar-refractivity contribution in [3.8, 4) is 5.75 Å². The molecule has 1 heterocycles. The van der Waals surface area contributed by atoms with Crippen molar-refractivity contribution in [1.82, 2.24) is 10.3 Å². The Morgan fingerprint density at radius 1 is 1.21 bits per heavy atom. The number of aromatic nitrogens is 1. The molecule has 3 N–H and O–H groups in total. The van der Waals surface area contributed by atoms with Crippen LogP contribution in [-0.2, 0) is 16.0 Å². The molecule has 1 atom stereocenters. The summed E-state index contributed by atoms with van der Waals surface area (Å²) < 4.78 is 5.50. The van der Waals surface area contributed by atoms with Gasteiger partial charge in [-0.1, -0.05) is 29.8 Å². The highest BCUT2D eigenvalue weighted by Crippen LogP contribution is 2.25. The number of aromatic amines is 1. The standard InChI is InChI=1S/C21H21ClN2O4/c1-12-7-15(8-13(2)20(12)22)28-11-19(25)24-18(21(26)27)9-14-10-23-17-6-4-3-5-16(14)17/h3-8,10,18,23H,9,11H2,1-2H3,(H,24,25)(H,26,27)/t18-/m1/s1. The van der Waals surface area contributed by atoms with Gasteiger partial charge in [-0.2, -0.15) is 0 Å². The summed E-state index contributed by atoms with van der Waals surface area (Å²) in [5.41, 5.74) is 3.44. The largest absolute Gasteiger partial charge is 0.484 e. The maximum absolute atomic E-state index is 12.2. The second kappa shape index (κ2) is 8.35. The molecule has 0 aliphatic carbocycles. The Balaban J connectivity index is 1.64. The van der Waals surface area contributed by atoms with Crippen molar-refractivity contribution < 1.29 is 19.4 Å². The number of carbonyl (C=O) groups excluding carboxylic acids is 1. The average Bonchev–Trinajstić information content (AvgIpc) is 3.06. The molecule has 1 aromatic heterocycles. The third-order valence-electron chi connectivity index (χ3n) is 4.51. The van der Waals surface area contributed by atoms with Gasteiger partial charge in [-0.05, 0) is 48.7 Å². The smallest absolute Gasteiger partial charge is 0.326 e. The van der Waals surface area contributed by atoms with Gasteiger partial charge in [-0.3, -0.25) is 4.79 Å². The van der Waals surface area contributed by atoms with E-state index in [1.807, 2.05) is 38.1 Å². The minimum Gasteiger partial charge on any atom is -0.484 e. The van der Waals surface area contributed by atoms with Crippen molar-refractivity contribution in [1.29, 1.82) is 0 Å². The van der Waals surface area contributed by atoms with E-state index in [9.17, 15) is 14.7 Å². The molecule has 3 rings (SSSR count). The Hall–Kier alpha value is -2.99. The molecule has 0 unspecified atom stereocenters. The number of aliphatic carboxylic acids is 1. The number of halogens is 1. The van der Waals surface area contributed by atoms with E-state index >= 15 is 0 Å². The van der Waals surface area contributed by atoms with E-state index in [1.165, 1.54) is 0 Å². The first-order valence-electron chi connectivity index (χ1n) is 8.82. The number of para-hydroxylation sites is 1. The van der Waals surface area contributed by atoms with Gasteiger partial charge in [0, 0.05) is 28.5 Å². The van der Waals surface area contributed by atoms with Crippen LogP contribution in [0.5, 0.6) is 5.75 Å². The molecule has 0 saturated heterocycles. The van der Waals surface area contributed by atoms with Crippen molar-refractivity contribution in [2.75, 3.05) is 6.61 Å². The Morgan fingerprint density at radius 3 is 2.57 bits per heavy atom. The predicted octanol–water partition coefficient (Wildman–Crippen LogP) is 3.63. The SMILES string of the molecule is Cc1cc(OCC(=O)N[C@H](Cc2c[nH]c3ccccc23)C(=O)O)cc(C)c1Cl. The quantitative estimate of drug-likeness (QED) is 0.564. The van der Waals surface area contributed by atoms with Crippen LogP contribution in [0.3, 0.4) is 0 Å². The van der Waals surface area contributed by atoms with E-state index < -0.39 is 17.9 Å². The Morgan fingerprint density at radius 2 is 1.89 bits per heavy atom. The van der Waals surface area contributed by atoms with Crippen LogP contribution in [0.4, 0.5) is 0 Å².